The van der Waals surface area contributed by atoms with Gasteiger partial charge in [-0.25, -0.2) is 0 Å². The van der Waals surface area contributed by atoms with Gasteiger partial charge in [-0.15, -0.1) is 0 Å². The van der Waals surface area contributed by atoms with Crippen molar-refractivity contribution in [1.82, 2.24) is 5.32 Å². The average Bonchev–Trinajstić information content (AvgIpc) is 2.01. The number of carbonyl (C=O) groups excluding carboxylic acids is 1. The Labute approximate surface area is 79.4 Å². The zero-order valence-electron chi connectivity index (χ0n) is 8.82. The molecule has 0 spiro atoms. The summed E-state index contributed by atoms with van der Waals surface area (Å²) in [6, 6.07) is 0. The number of nitrogens with one attached hydrogen (secondary N) is 1. The maximum atomic E-state index is 11.5. The summed E-state index contributed by atoms with van der Waals surface area (Å²) in [7, 11) is 0. The van der Waals surface area contributed by atoms with Crippen molar-refractivity contribution >= 4 is 5.91 Å². The molecule has 1 aliphatic carbocycles. The normalized spacial score (nSPS) is 43.8. The van der Waals surface area contributed by atoms with Crippen LogP contribution in [0.4, 0.5) is 0 Å². The molecule has 1 fully saturated rings. The monoisotopic (exact) mass is 179 g/mol. The van der Waals surface area contributed by atoms with E-state index < -0.39 is 0 Å². The van der Waals surface area contributed by atoms with Gasteiger partial charge >= 0.3 is 0 Å². The first-order valence-corrected chi connectivity index (χ1v) is 4.87. The molecule has 0 radical (unpaired) electrons. The van der Waals surface area contributed by atoms with Crippen LogP contribution in [0.15, 0.2) is 11.1 Å². The van der Waals surface area contributed by atoms with Crippen LogP contribution in [0.5, 0.6) is 0 Å². The minimum absolute atomic E-state index is 0.0215. The third kappa shape index (κ3) is 0.862. The summed E-state index contributed by atoms with van der Waals surface area (Å²) in [5.41, 5.74) is 2.72. The summed E-state index contributed by atoms with van der Waals surface area (Å²) in [5, 5.41) is 3.04. The van der Waals surface area contributed by atoms with Crippen LogP contribution in [0.1, 0.15) is 40.5 Å². The van der Waals surface area contributed by atoms with Crippen molar-refractivity contribution < 1.29 is 4.79 Å². The van der Waals surface area contributed by atoms with E-state index >= 15 is 0 Å². The number of amides is 1. The fraction of sp³-hybridized carbons (Fsp3) is 0.727. The lowest BCUT2D eigenvalue weighted by Crippen LogP contribution is -2.75. The van der Waals surface area contributed by atoms with Gasteiger partial charge < -0.3 is 5.32 Å². The van der Waals surface area contributed by atoms with Crippen LogP contribution >= 0.6 is 0 Å². The maximum absolute atomic E-state index is 11.5. The predicted octanol–water partition coefficient (Wildman–Crippen LogP) is 2.01. The van der Waals surface area contributed by atoms with Gasteiger partial charge in [-0.1, -0.05) is 11.1 Å². The van der Waals surface area contributed by atoms with E-state index in [1.165, 1.54) is 11.1 Å². The van der Waals surface area contributed by atoms with Crippen LogP contribution in [0.3, 0.4) is 0 Å². The molecule has 0 aromatic rings. The lowest BCUT2D eigenvalue weighted by molar-refractivity contribution is -0.154. The third-order valence-electron chi connectivity index (χ3n) is 4.07. The predicted molar refractivity (Wildman–Crippen MR) is 52.3 cm³/mol. The minimum atomic E-state index is -0.142. The average molecular weight is 179 g/mol. The van der Waals surface area contributed by atoms with Crippen molar-refractivity contribution in [1.29, 1.82) is 0 Å². The van der Waals surface area contributed by atoms with Gasteiger partial charge in [0.1, 0.15) is 0 Å². The molecular formula is C11H17NO. The van der Waals surface area contributed by atoms with Crippen molar-refractivity contribution in [3.05, 3.63) is 11.1 Å². The molecule has 0 saturated carbocycles. The van der Waals surface area contributed by atoms with Crippen molar-refractivity contribution in [3.8, 4) is 0 Å². The molecule has 72 valence electrons. The van der Waals surface area contributed by atoms with E-state index in [1.807, 2.05) is 0 Å². The summed E-state index contributed by atoms with van der Waals surface area (Å²) in [6.07, 6.45) is 1.95. The fourth-order valence-electron chi connectivity index (χ4n) is 2.59. The van der Waals surface area contributed by atoms with Gasteiger partial charge in [0.15, 0.2) is 0 Å². The maximum Gasteiger partial charge on any atom is 0.229 e. The molecule has 2 rings (SSSR count). The lowest BCUT2D eigenvalue weighted by Gasteiger charge is -2.58. The van der Waals surface area contributed by atoms with Crippen molar-refractivity contribution in [2.75, 3.05) is 0 Å². The Hall–Kier alpha value is -0.790. The number of allylic oxidation sites excluding steroid dienone is 1. The molecule has 2 atom stereocenters. The first kappa shape index (κ1) is 8.79. The quantitative estimate of drug-likeness (QED) is 0.447. The van der Waals surface area contributed by atoms with Gasteiger partial charge in [-0.05, 0) is 40.5 Å². The Morgan fingerprint density at radius 2 is 1.69 bits per heavy atom. The first-order valence-electron chi connectivity index (χ1n) is 4.87. The van der Waals surface area contributed by atoms with E-state index in [2.05, 4.69) is 33.0 Å². The number of β-lactam (4-membered cyclic amide) rings is 1. The second-order valence-corrected chi connectivity index (χ2v) is 5.03. The highest BCUT2D eigenvalue weighted by molar-refractivity contribution is 5.92. The molecule has 1 saturated heterocycles. The molecule has 2 nitrogen and oxygen atoms in total. The Kier molecular flexibility index (Phi) is 1.47. The Balaban J connectivity index is 2.40. The second-order valence-electron chi connectivity index (χ2n) is 5.03. The van der Waals surface area contributed by atoms with Crippen molar-refractivity contribution in [2.45, 2.75) is 46.1 Å². The minimum Gasteiger partial charge on any atom is -0.349 e. The Morgan fingerprint density at radius 3 is 2.23 bits per heavy atom. The topological polar surface area (TPSA) is 29.1 Å². The number of carbonyl (C=O) groups is 1. The zero-order valence-corrected chi connectivity index (χ0v) is 8.82. The van der Waals surface area contributed by atoms with Crippen molar-refractivity contribution in [2.24, 2.45) is 5.41 Å². The van der Waals surface area contributed by atoms with E-state index in [9.17, 15) is 4.79 Å². The molecule has 13 heavy (non-hydrogen) atoms. The molecule has 0 unspecified atom stereocenters. The number of hydrogen-bond donors (Lipinski definition) is 1. The highest BCUT2D eigenvalue weighted by Crippen LogP contribution is 2.51. The van der Waals surface area contributed by atoms with Crippen LogP contribution in [0.25, 0.3) is 0 Å². The van der Waals surface area contributed by atoms with E-state index in [0.29, 0.717) is 0 Å². The number of fused-ring (bicyclic) bond motifs is 1. The van der Waals surface area contributed by atoms with Gasteiger partial charge in [-0.3, -0.25) is 4.79 Å². The molecule has 2 aliphatic rings. The van der Waals surface area contributed by atoms with E-state index in [0.717, 1.165) is 12.8 Å². The highest BCUT2D eigenvalue weighted by atomic mass is 16.2. The van der Waals surface area contributed by atoms with Crippen LogP contribution < -0.4 is 5.32 Å². The van der Waals surface area contributed by atoms with Crippen molar-refractivity contribution in [3.63, 3.8) is 0 Å². The molecule has 0 aromatic carbocycles. The standard InChI is InChI=1S/C11H17NO/c1-7-5-10(3)9(13)12-11(10,4)6-8(7)2/h5-6H2,1-4H3,(H,12,13)/t10-,11-/m1/s1. The lowest BCUT2D eigenvalue weighted by atomic mass is 9.56. The largest absolute Gasteiger partial charge is 0.349 e. The molecule has 0 aromatic heterocycles. The van der Waals surface area contributed by atoms with Crippen LogP contribution in [0.2, 0.25) is 0 Å². The molecule has 1 heterocycles. The summed E-state index contributed by atoms with van der Waals surface area (Å²) in [6.45, 7) is 8.56. The highest BCUT2D eigenvalue weighted by Gasteiger charge is 2.61. The summed E-state index contributed by atoms with van der Waals surface area (Å²) >= 11 is 0. The summed E-state index contributed by atoms with van der Waals surface area (Å²) < 4.78 is 0. The van der Waals surface area contributed by atoms with Gasteiger partial charge in [0, 0.05) is 0 Å². The van der Waals surface area contributed by atoms with Gasteiger partial charge in [-0.2, -0.15) is 0 Å². The number of rotatable bonds is 0. The zero-order chi connectivity index (χ0) is 9.85. The third-order valence-corrected chi connectivity index (χ3v) is 4.07. The molecular weight excluding hydrogens is 162 g/mol. The fourth-order valence-corrected chi connectivity index (χ4v) is 2.59. The smallest absolute Gasteiger partial charge is 0.229 e. The summed E-state index contributed by atoms with van der Waals surface area (Å²) in [4.78, 5) is 11.5. The van der Waals surface area contributed by atoms with Crippen LogP contribution in [-0.4, -0.2) is 11.4 Å². The molecule has 1 amide bonds. The van der Waals surface area contributed by atoms with Gasteiger partial charge in [0.2, 0.25) is 5.91 Å². The van der Waals surface area contributed by atoms with Gasteiger partial charge in [0.05, 0.1) is 11.0 Å². The van der Waals surface area contributed by atoms with Crippen LogP contribution in [0, 0.1) is 5.41 Å². The Morgan fingerprint density at radius 1 is 1.15 bits per heavy atom. The Bertz CT molecular complexity index is 318. The van der Waals surface area contributed by atoms with E-state index in [-0.39, 0.29) is 16.9 Å². The number of hydrogen-bond acceptors (Lipinski definition) is 1. The SMILES string of the molecule is CC1=C(C)C[C@]2(C)C(=O)N[C@]2(C)C1. The van der Waals surface area contributed by atoms with E-state index in [4.69, 9.17) is 0 Å². The first-order chi connectivity index (χ1) is 5.89. The molecule has 1 aliphatic heterocycles. The molecule has 1 N–H and O–H groups in total. The summed E-state index contributed by atoms with van der Waals surface area (Å²) in [5.74, 6) is 0.224. The van der Waals surface area contributed by atoms with Crippen LogP contribution in [-0.2, 0) is 4.79 Å². The van der Waals surface area contributed by atoms with Gasteiger partial charge in [0.25, 0.3) is 0 Å². The van der Waals surface area contributed by atoms with E-state index in [1.54, 1.807) is 0 Å². The second kappa shape index (κ2) is 2.17. The molecule has 2 heteroatoms. The molecule has 0 bridgehead atoms.